The largest absolute Gasteiger partial charge is 0.491 e. The average Bonchev–Trinajstić information content (AvgIpc) is 2.79. The smallest absolute Gasteiger partial charge is 0.489 e. The van der Waals surface area contributed by atoms with Crippen LogP contribution in [-0.2, 0) is 11.2 Å². The third kappa shape index (κ3) is 6.10. The number of amides is 1. The van der Waals surface area contributed by atoms with Crippen LogP contribution < -0.4 is 20.5 Å². The average molecular weight is 466 g/mol. The molecule has 6 nitrogen and oxygen atoms in total. The number of carbonyl (C=O) groups excluding carboxylic acids is 2. The summed E-state index contributed by atoms with van der Waals surface area (Å²) >= 11 is 0. The summed E-state index contributed by atoms with van der Waals surface area (Å²) < 4.78 is 60.8. The van der Waals surface area contributed by atoms with E-state index in [0.717, 1.165) is 30.0 Å². The summed E-state index contributed by atoms with van der Waals surface area (Å²) in [6.07, 6.45) is -2.67. The van der Waals surface area contributed by atoms with Crippen LogP contribution >= 0.6 is 0 Å². The van der Waals surface area contributed by atoms with Crippen LogP contribution in [0.3, 0.4) is 0 Å². The van der Waals surface area contributed by atoms with Gasteiger partial charge in [-0.05, 0) is 42.5 Å². The van der Waals surface area contributed by atoms with Gasteiger partial charge in [0, 0.05) is 18.2 Å². The Bertz CT molecular complexity index is 1050. The predicted octanol–water partition coefficient (Wildman–Crippen LogP) is 4.15. The van der Waals surface area contributed by atoms with E-state index < -0.39 is 23.8 Å². The Balaban J connectivity index is 1.86. The van der Waals surface area contributed by atoms with E-state index >= 15 is 0 Å². The molecule has 3 rings (SSSR count). The molecule has 1 aliphatic rings. The van der Waals surface area contributed by atoms with Gasteiger partial charge in [-0.2, -0.15) is 13.2 Å². The number of rotatable bonds is 7. The highest BCUT2D eigenvalue weighted by atomic mass is 19.4. The molecule has 0 radical (unpaired) electrons. The first-order chi connectivity index (χ1) is 15.7. The topological polar surface area (TPSA) is 90.7 Å². The number of benzene rings is 2. The van der Waals surface area contributed by atoms with Gasteiger partial charge in [0.1, 0.15) is 18.1 Å². The minimum absolute atomic E-state index is 0.0349. The van der Waals surface area contributed by atoms with Gasteiger partial charge in [0.05, 0.1) is 17.9 Å². The van der Waals surface area contributed by atoms with Crippen molar-refractivity contribution in [1.29, 1.82) is 0 Å². The summed E-state index contributed by atoms with van der Waals surface area (Å²) in [6, 6.07) is 10.7. The van der Waals surface area contributed by atoms with Crippen LogP contribution in [-0.4, -0.2) is 31.2 Å². The zero-order chi connectivity index (χ0) is 24.0. The normalized spacial score (nSPS) is 16.0. The molecule has 1 atom stereocenters. The van der Waals surface area contributed by atoms with E-state index in [1.165, 1.54) is 12.1 Å². The number of esters is 1. The van der Waals surface area contributed by atoms with E-state index in [1.807, 2.05) is 24.3 Å². The van der Waals surface area contributed by atoms with Crippen LogP contribution in [0.2, 0.25) is 0 Å². The number of carbonyl (C=O) groups is 2. The molecule has 2 aromatic carbocycles. The Labute approximate surface area is 187 Å². The van der Waals surface area contributed by atoms with Crippen LogP contribution in [0.4, 0.5) is 17.6 Å². The monoisotopic (exact) mass is 466 g/mol. The number of alkyl halides is 3. The van der Waals surface area contributed by atoms with Gasteiger partial charge in [-0.3, -0.25) is 4.79 Å². The molecule has 0 bridgehead atoms. The van der Waals surface area contributed by atoms with Gasteiger partial charge in [0.15, 0.2) is 0 Å². The van der Waals surface area contributed by atoms with Gasteiger partial charge in [0.25, 0.3) is 5.91 Å². The fraction of sp³-hybridized carbons (Fsp3) is 0.304. The molecular weight excluding hydrogens is 444 g/mol. The van der Waals surface area contributed by atoms with Gasteiger partial charge in [0.2, 0.25) is 0 Å². The molecule has 0 unspecified atom stereocenters. The number of nitrogens with one attached hydrogen (secondary N) is 1. The molecule has 0 aromatic heterocycles. The first-order valence-electron chi connectivity index (χ1n) is 10.2. The SMILES string of the molecule is NC/C(=C\F)COc1ccc(C(=O)N[C@H]2CCCc3ccccc32)c(OC(=O)C(F)(F)F)c1. The summed E-state index contributed by atoms with van der Waals surface area (Å²) in [4.78, 5) is 24.4. The second kappa shape index (κ2) is 10.5. The number of aryl methyl sites for hydroxylation is 1. The minimum atomic E-state index is -5.27. The van der Waals surface area contributed by atoms with E-state index in [4.69, 9.17) is 10.5 Å². The van der Waals surface area contributed by atoms with Gasteiger partial charge in [-0.15, -0.1) is 0 Å². The summed E-state index contributed by atoms with van der Waals surface area (Å²) in [6.45, 7) is -0.403. The van der Waals surface area contributed by atoms with Crippen LogP contribution in [0.5, 0.6) is 11.5 Å². The zero-order valence-electron chi connectivity index (χ0n) is 17.5. The molecule has 176 valence electrons. The maximum Gasteiger partial charge on any atom is 0.491 e. The summed E-state index contributed by atoms with van der Waals surface area (Å²) in [5.74, 6) is -3.86. The van der Waals surface area contributed by atoms with Crippen LogP contribution in [0.1, 0.15) is 40.4 Å². The van der Waals surface area contributed by atoms with Gasteiger partial charge < -0.3 is 20.5 Å². The summed E-state index contributed by atoms with van der Waals surface area (Å²) in [5, 5.41) is 2.80. The standard InChI is InChI=1S/C23H22F4N2O4/c24-11-14(12-28)13-32-16-8-9-18(20(10-16)33-22(31)23(25,26)27)21(30)29-19-7-3-5-15-4-1-2-6-17(15)19/h1-2,4,6,8-11,19H,3,5,7,12-13,28H2,(H,29,30)/b14-11+/t19-/m0/s1. The number of hydrogen-bond donors (Lipinski definition) is 2. The maximum absolute atomic E-state index is 12.9. The van der Waals surface area contributed by atoms with Crippen molar-refractivity contribution in [3.05, 3.63) is 71.1 Å². The lowest BCUT2D eigenvalue weighted by Crippen LogP contribution is -2.32. The van der Waals surface area contributed by atoms with Crippen molar-refractivity contribution in [2.45, 2.75) is 31.5 Å². The first kappa shape index (κ1) is 24.2. The Morgan fingerprint density at radius 1 is 1.18 bits per heavy atom. The molecule has 10 heteroatoms. The molecule has 0 aliphatic heterocycles. The highest BCUT2D eigenvalue weighted by Crippen LogP contribution is 2.32. The van der Waals surface area contributed by atoms with Crippen LogP contribution in [0, 0.1) is 0 Å². The van der Waals surface area contributed by atoms with Crippen molar-refractivity contribution in [2.75, 3.05) is 13.2 Å². The lowest BCUT2D eigenvalue weighted by Gasteiger charge is -2.26. The Hall–Kier alpha value is -3.40. The fourth-order valence-corrected chi connectivity index (χ4v) is 3.47. The quantitative estimate of drug-likeness (QED) is 0.364. The Morgan fingerprint density at radius 3 is 2.64 bits per heavy atom. The number of fused-ring (bicyclic) bond motifs is 1. The third-order valence-electron chi connectivity index (χ3n) is 5.15. The van der Waals surface area contributed by atoms with E-state index in [0.29, 0.717) is 6.42 Å². The molecule has 1 amide bonds. The van der Waals surface area contributed by atoms with Crippen molar-refractivity contribution in [2.24, 2.45) is 5.73 Å². The van der Waals surface area contributed by atoms with E-state index in [-0.39, 0.29) is 42.4 Å². The van der Waals surface area contributed by atoms with E-state index in [1.54, 1.807) is 0 Å². The highest BCUT2D eigenvalue weighted by molar-refractivity contribution is 5.98. The molecule has 33 heavy (non-hydrogen) atoms. The molecule has 3 N–H and O–H groups in total. The van der Waals surface area contributed by atoms with E-state index in [9.17, 15) is 27.2 Å². The number of hydrogen-bond acceptors (Lipinski definition) is 5. The highest BCUT2D eigenvalue weighted by Gasteiger charge is 2.42. The fourth-order valence-electron chi connectivity index (χ4n) is 3.47. The molecular formula is C23H22F4N2O4. The Morgan fingerprint density at radius 2 is 1.94 bits per heavy atom. The van der Waals surface area contributed by atoms with Gasteiger partial charge in [-0.25, -0.2) is 9.18 Å². The molecule has 0 saturated carbocycles. The molecule has 0 fully saturated rings. The summed E-state index contributed by atoms with van der Waals surface area (Å²) in [5.41, 5.74) is 7.18. The second-order valence-electron chi connectivity index (χ2n) is 7.42. The molecule has 1 aliphatic carbocycles. The molecule has 2 aromatic rings. The second-order valence-corrected chi connectivity index (χ2v) is 7.42. The molecule has 0 heterocycles. The predicted molar refractivity (Wildman–Crippen MR) is 111 cm³/mol. The number of nitrogens with two attached hydrogens (primary N) is 1. The lowest BCUT2D eigenvalue weighted by molar-refractivity contribution is -0.189. The van der Waals surface area contributed by atoms with Crippen molar-refractivity contribution < 1.29 is 36.6 Å². The minimum Gasteiger partial charge on any atom is -0.489 e. The molecule has 0 spiro atoms. The zero-order valence-corrected chi connectivity index (χ0v) is 17.5. The van der Waals surface area contributed by atoms with Crippen LogP contribution in [0.15, 0.2) is 54.4 Å². The number of halogens is 4. The third-order valence-corrected chi connectivity index (χ3v) is 5.15. The Kier molecular flexibility index (Phi) is 7.70. The maximum atomic E-state index is 12.9. The van der Waals surface area contributed by atoms with Gasteiger partial charge >= 0.3 is 12.1 Å². The first-order valence-corrected chi connectivity index (χ1v) is 10.2. The summed E-state index contributed by atoms with van der Waals surface area (Å²) in [7, 11) is 0. The van der Waals surface area contributed by atoms with Crippen LogP contribution in [0.25, 0.3) is 0 Å². The number of ether oxygens (including phenoxy) is 2. The lowest BCUT2D eigenvalue weighted by atomic mass is 9.87. The molecule has 0 saturated heterocycles. The van der Waals surface area contributed by atoms with Crippen molar-refractivity contribution in [1.82, 2.24) is 5.32 Å². The van der Waals surface area contributed by atoms with Crippen molar-refractivity contribution in [3.63, 3.8) is 0 Å². The van der Waals surface area contributed by atoms with E-state index in [2.05, 4.69) is 10.1 Å². The van der Waals surface area contributed by atoms with Crippen molar-refractivity contribution >= 4 is 11.9 Å². The van der Waals surface area contributed by atoms with Gasteiger partial charge in [-0.1, -0.05) is 24.3 Å². The van der Waals surface area contributed by atoms with Crippen molar-refractivity contribution in [3.8, 4) is 11.5 Å².